The Morgan fingerprint density at radius 3 is 1.92 bits per heavy atom. The summed E-state index contributed by atoms with van der Waals surface area (Å²) in [6.45, 7) is 3.38. The second kappa shape index (κ2) is 7.60. The van der Waals surface area contributed by atoms with E-state index in [4.69, 9.17) is 0 Å². The van der Waals surface area contributed by atoms with Gasteiger partial charge in [-0.25, -0.2) is 0 Å². The van der Waals surface area contributed by atoms with Gasteiger partial charge in [-0.2, -0.15) is 5.26 Å². The van der Waals surface area contributed by atoms with Crippen LogP contribution < -0.4 is 0 Å². The van der Waals surface area contributed by atoms with Crippen molar-refractivity contribution in [1.29, 1.82) is 5.26 Å². The van der Waals surface area contributed by atoms with Gasteiger partial charge >= 0.3 is 0 Å². The van der Waals surface area contributed by atoms with E-state index in [1.54, 1.807) is 0 Å². The largest absolute Gasteiger partial charge is 0.303 e. The van der Waals surface area contributed by atoms with Crippen LogP contribution in [-0.2, 0) is 18.3 Å². The van der Waals surface area contributed by atoms with Crippen LogP contribution in [0.1, 0.15) is 41.5 Å². The summed E-state index contributed by atoms with van der Waals surface area (Å²) in [5, 5.41) is 10.4. The molecule has 0 N–H and O–H groups in total. The topological polar surface area (TPSA) is 27.0 Å². The molecule has 2 nitrogen and oxygen atoms in total. The Morgan fingerprint density at radius 2 is 1.40 bits per heavy atom. The molecule has 0 atom stereocenters. The molecule has 0 unspecified atom stereocenters. The molecule has 1 aliphatic carbocycles. The highest BCUT2D eigenvalue weighted by atomic mass is 35.5. The maximum Gasteiger partial charge on any atom is 0.109 e. The summed E-state index contributed by atoms with van der Waals surface area (Å²) in [4.78, 5) is 2.52. The van der Waals surface area contributed by atoms with E-state index in [1.165, 1.54) is 48.2 Å². The van der Waals surface area contributed by atoms with Gasteiger partial charge < -0.3 is 4.90 Å². The van der Waals surface area contributed by atoms with Crippen molar-refractivity contribution >= 4 is 12.4 Å². The SMILES string of the molecule is Cl.N#CC1(CCN2CCCC2)c2ccccc2CCc2ccccc21. The lowest BCUT2D eigenvalue weighted by molar-refractivity contribution is 0.315. The summed E-state index contributed by atoms with van der Waals surface area (Å²) in [6, 6.07) is 20.0. The third kappa shape index (κ3) is 3.19. The molecular weight excluding hydrogens is 328 g/mol. The Kier molecular flexibility index (Phi) is 5.47. The molecule has 130 valence electrons. The third-order valence-electron chi connectivity index (χ3n) is 5.81. The smallest absolute Gasteiger partial charge is 0.109 e. The third-order valence-corrected chi connectivity index (χ3v) is 5.81. The van der Waals surface area contributed by atoms with Gasteiger partial charge in [-0.15, -0.1) is 12.4 Å². The molecule has 0 amide bonds. The predicted octanol–water partition coefficient (Wildman–Crippen LogP) is 4.50. The monoisotopic (exact) mass is 352 g/mol. The fraction of sp³-hybridized carbons (Fsp3) is 0.409. The van der Waals surface area contributed by atoms with Crippen molar-refractivity contribution in [1.82, 2.24) is 4.90 Å². The van der Waals surface area contributed by atoms with E-state index in [9.17, 15) is 5.26 Å². The highest BCUT2D eigenvalue weighted by molar-refractivity contribution is 5.85. The summed E-state index contributed by atoms with van der Waals surface area (Å²) in [7, 11) is 0. The molecule has 2 aromatic rings. The fourth-order valence-corrected chi connectivity index (χ4v) is 4.50. The zero-order valence-corrected chi connectivity index (χ0v) is 15.4. The lowest BCUT2D eigenvalue weighted by Crippen LogP contribution is -2.33. The van der Waals surface area contributed by atoms with Crippen molar-refractivity contribution in [2.24, 2.45) is 0 Å². The molecule has 1 fully saturated rings. The number of halogens is 1. The molecule has 0 spiro atoms. The van der Waals surface area contributed by atoms with Gasteiger partial charge in [0.1, 0.15) is 5.41 Å². The highest BCUT2D eigenvalue weighted by Crippen LogP contribution is 2.42. The first-order chi connectivity index (χ1) is 11.8. The van der Waals surface area contributed by atoms with Crippen LogP contribution in [-0.4, -0.2) is 24.5 Å². The van der Waals surface area contributed by atoms with E-state index < -0.39 is 5.41 Å². The summed E-state index contributed by atoms with van der Waals surface area (Å²) >= 11 is 0. The van der Waals surface area contributed by atoms with Gasteiger partial charge in [-0.05, 0) is 67.4 Å². The number of hydrogen-bond donors (Lipinski definition) is 0. The van der Waals surface area contributed by atoms with Gasteiger partial charge in [-0.1, -0.05) is 48.5 Å². The second-order valence-corrected chi connectivity index (χ2v) is 7.13. The number of likely N-dealkylation sites (tertiary alicyclic amines) is 1. The van der Waals surface area contributed by atoms with Gasteiger partial charge in [0.25, 0.3) is 0 Å². The van der Waals surface area contributed by atoms with Crippen molar-refractivity contribution in [3.63, 3.8) is 0 Å². The number of nitriles is 1. The zero-order valence-electron chi connectivity index (χ0n) is 14.6. The average Bonchev–Trinajstić information content (AvgIpc) is 3.11. The van der Waals surface area contributed by atoms with Gasteiger partial charge in [0.2, 0.25) is 0 Å². The Bertz CT molecular complexity index is 724. The number of benzene rings is 2. The van der Waals surface area contributed by atoms with Crippen LogP contribution in [0, 0.1) is 11.3 Å². The van der Waals surface area contributed by atoms with Crippen LogP contribution in [0.2, 0.25) is 0 Å². The molecule has 25 heavy (non-hydrogen) atoms. The first-order valence-corrected chi connectivity index (χ1v) is 9.14. The maximum atomic E-state index is 10.4. The van der Waals surface area contributed by atoms with Crippen molar-refractivity contribution in [3.05, 3.63) is 70.8 Å². The number of nitrogens with zero attached hydrogens (tertiary/aromatic N) is 2. The summed E-state index contributed by atoms with van der Waals surface area (Å²) in [6.07, 6.45) is 5.54. The summed E-state index contributed by atoms with van der Waals surface area (Å²) in [5.41, 5.74) is 4.65. The minimum atomic E-state index is -0.508. The Hall–Kier alpha value is -1.82. The fourth-order valence-electron chi connectivity index (χ4n) is 4.50. The van der Waals surface area contributed by atoms with E-state index in [0.29, 0.717) is 0 Å². The van der Waals surface area contributed by atoms with Gasteiger partial charge in [0.15, 0.2) is 0 Å². The van der Waals surface area contributed by atoms with Crippen LogP contribution >= 0.6 is 12.4 Å². The average molecular weight is 353 g/mol. The lowest BCUT2D eigenvalue weighted by atomic mass is 9.71. The number of aryl methyl sites for hydroxylation is 2. The summed E-state index contributed by atoms with van der Waals surface area (Å²) < 4.78 is 0. The molecule has 0 saturated carbocycles. The molecule has 2 aliphatic rings. The normalized spacial score (nSPS) is 18.4. The van der Waals surface area contributed by atoms with Crippen LogP contribution in [0.15, 0.2) is 48.5 Å². The molecule has 0 aromatic heterocycles. The van der Waals surface area contributed by atoms with Crippen LogP contribution in [0.4, 0.5) is 0 Å². The molecule has 1 heterocycles. The van der Waals surface area contributed by atoms with Gasteiger partial charge in [0, 0.05) is 6.54 Å². The quantitative estimate of drug-likeness (QED) is 0.813. The van der Waals surface area contributed by atoms with E-state index in [-0.39, 0.29) is 12.4 Å². The molecule has 1 aliphatic heterocycles. The van der Waals surface area contributed by atoms with Crippen LogP contribution in [0.5, 0.6) is 0 Å². The van der Waals surface area contributed by atoms with Crippen molar-refractivity contribution in [3.8, 4) is 6.07 Å². The molecule has 1 saturated heterocycles. The standard InChI is InChI=1S/C22H24N2.ClH/c23-17-22(13-16-24-14-5-6-15-24)20-9-3-1-7-18(20)11-12-19-8-2-4-10-21(19)22;/h1-4,7-10H,5-6,11-16H2;1H. The first-order valence-electron chi connectivity index (χ1n) is 9.14. The van der Waals surface area contributed by atoms with Gasteiger partial charge in [0.05, 0.1) is 6.07 Å². The van der Waals surface area contributed by atoms with E-state index in [1.807, 2.05) is 0 Å². The molecule has 0 bridgehead atoms. The van der Waals surface area contributed by atoms with Gasteiger partial charge in [-0.3, -0.25) is 0 Å². The van der Waals surface area contributed by atoms with E-state index >= 15 is 0 Å². The number of rotatable bonds is 3. The van der Waals surface area contributed by atoms with E-state index in [2.05, 4.69) is 59.5 Å². The Morgan fingerprint density at radius 1 is 0.880 bits per heavy atom. The zero-order chi connectivity index (χ0) is 16.4. The molecule has 2 aromatic carbocycles. The summed E-state index contributed by atoms with van der Waals surface area (Å²) in [5.74, 6) is 0. The molecular formula is C22H25ClN2. The van der Waals surface area contributed by atoms with Crippen molar-refractivity contribution in [2.45, 2.75) is 37.5 Å². The van der Waals surface area contributed by atoms with E-state index in [0.717, 1.165) is 25.8 Å². The maximum absolute atomic E-state index is 10.4. The Labute approximate surface area is 156 Å². The first kappa shape index (κ1) is 18.0. The van der Waals surface area contributed by atoms with Crippen LogP contribution in [0.3, 0.4) is 0 Å². The number of hydrogen-bond acceptors (Lipinski definition) is 2. The predicted molar refractivity (Wildman–Crippen MR) is 104 cm³/mol. The van der Waals surface area contributed by atoms with Crippen molar-refractivity contribution < 1.29 is 0 Å². The highest BCUT2D eigenvalue weighted by Gasteiger charge is 2.39. The van der Waals surface area contributed by atoms with Crippen molar-refractivity contribution in [2.75, 3.05) is 19.6 Å². The minimum Gasteiger partial charge on any atom is -0.303 e. The van der Waals surface area contributed by atoms with Crippen LogP contribution in [0.25, 0.3) is 0 Å². The molecule has 0 radical (unpaired) electrons. The molecule has 4 rings (SSSR count). The minimum absolute atomic E-state index is 0. The second-order valence-electron chi connectivity index (χ2n) is 7.13. The molecule has 3 heteroatoms. The number of fused-ring (bicyclic) bond motifs is 2. The Balaban J connectivity index is 0.00000182. The lowest BCUT2D eigenvalue weighted by Gasteiger charge is -2.31.